The van der Waals surface area contributed by atoms with Crippen LogP contribution in [0.4, 0.5) is 0 Å². The molecule has 17 heavy (non-hydrogen) atoms. The van der Waals surface area contributed by atoms with E-state index in [1.54, 1.807) is 0 Å². The third-order valence-corrected chi connectivity index (χ3v) is 3.91. The topological polar surface area (TPSA) is 20.2 Å². The van der Waals surface area contributed by atoms with E-state index in [1.165, 1.54) is 24.8 Å². The molecule has 0 saturated heterocycles. The van der Waals surface area contributed by atoms with Crippen LogP contribution in [0, 0.1) is 5.92 Å². The van der Waals surface area contributed by atoms with Gasteiger partial charge in [-0.1, -0.05) is 64.3 Å². The summed E-state index contributed by atoms with van der Waals surface area (Å²) < 4.78 is 0. The van der Waals surface area contributed by atoms with E-state index in [0.29, 0.717) is 0 Å². The largest absolute Gasteiger partial charge is 0.388 e. The molecule has 1 unspecified atom stereocenters. The quantitative estimate of drug-likeness (QED) is 0.827. The van der Waals surface area contributed by atoms with Crippen LogP contribution in [-0.4, -0.2) is 5.11 Å². The standard InChI is InChI=1S/C16H24O/c1-16(2,3)14-10-5-4-9-13(14)15(17)11-12-7-6-8-12/h4-5,9-10,12,15,17H,6-8,11H2,1-3H3. The molecule has 2 rings (SSSR count). The van der Waals surface area contributed by atoms with Gasteiger partial charge in [0, 0.05) is 0 Å². The fraction of sp³-hybridized carbons (Fsp3) is 0.625. The van der Waals surface area contributed by atoms with Crippen LogP contribution in [0.1, 0.15) is 63.7 Å². The highest BCUT2D eigenvalue weighted by molar-refractivity contribution is 5.34. The van der Waals surface area contributed by atoms with Crippen LogP contribution in [0.25, 0.3) is 0 Å². The summed E-state index contributed by atoms with van der Waals surface area (Å²) in [5, 5.41) is 10.4. The molecular formula is C16H24O. The van der Waals surface area contributed by atoms with Crippen molar-refractivity contribution in [2.45, 2.75) is 58.0 Å². The van der Waals surface area contributed by atoms with Gasteiger partial charge in [0.15, 0.2) is 0 Å². The van der Waals surface area contributed by atoms with Crippen LogP contribution in [0.3, 0.4) is 0 Å². The van der Waals surface area contributed by atoms with E-state index in [1.807, 2.05) is 6.07 Å². The molecule has 1 fully saturated rings. The number of hydrogen-bond acceptors (Lipinski definition) is 1. The Hall–Kier alpha value is -0.820. The van der Waals surface area contributed by atoms with Crippen molar-refractivity contribution in [1.29, 1.82) is 0 Å². The molecule has 1 saturated carbocycles. The SMILES string of the molecule is CC(C)(C)c1ccccc1C(O)CC1CCC1. The lowest BCUT2D eigenvalue weighted by Gasteiger charge is -2.30. The lowest BCUT2D eigenvalue weighted by Crippen LogP contribution is -2.19. The molecule has 1 heteroatoms. The van der Waals surface area contributed by atoms with Gasteiger partial charge in [-0.15, -0.1) is 0 Å². The van der Waals surface area contributed by atoms with Crippen LogP contribution in [0.2, 0.25) is 0 Å². The first-order chi connectivity index (χ1) is 7.98. The van der Waals surface area contributed by atoms with Gasteiger partial charge in [0.2, 0.25) is 0 Å². The smallest absolute Gasteiger partial charge is 0.0795 e. The first-order valence-electron chi connectivity index (χ1n) is 6.76. The average molecular weight is 232 g/mol. The van der Waals surface area contributed by atoms with Gasteiger partial charge in [0.25, 0.3) is 0 Å². The van der Waals surface area contributed by atoms with Crippen LogP contribution < -0.4 is 0 Å². The molecule has 0 spiro atoms. The van der Waals surface area contributed by atoms with Crippen molar-refractivity contribution in [2.75, 3.05) is 0 Å². The molecule has 1 nitrogen and oxygen atoms in total. The number of aliphatic hydroxyl groups is 1. The molecule has 0 amide bonds. The van der Waals surface area contributed by atoms with Gasteiger partial charge in [-0.05, 0) is 28.9 Å². The van der Waals surface area contributed by atoms with Crippen LogP contribution in [-0.2, 0) is 5.41 Å². The predicted molar refractivity (Wildman–Crippen MR) is 72.1 cm³/mol. The molecule has 0 bridgehead atoms. The molecule has 0 aromatic heterocycles. The predicted octanol–water partition coefficient (Wildman–Crippen LogP) is 4.21. The summed E-state index contributed by atoms with van der Waals surface area (Å²) in [6.45, 7) is 6.63. The Labute approximate surface area is 105 Å². The molecule has 1 atom stereocenters. The fourth-order valence-electron chi connectivity index (χ4n) is 2.64. The third-order valence-electron chi connectivity index (χ3n) is 3.91. The molecule has 1 N–H and O–H groups in total. The number of aliphatic hydroxyl groups excluding tert-OH is 1. The Morgan fingerprint density at radius 3 is 2.41 bits per heavy atom. The summed E-state index contributed by atoms with van der Waals surface area (Å²) in [4.78, 5) is 0. The zero-order valence-electron chi connectivity index (χ0n) is 11.2. The Balaban J connectivity index is 2.18. The summed E-state index contributed by atoms with van der Waals surface area (Å²) in [7, 11) is 0. The van der Waals surface area contributed by atoms with Crippen molar-refractivity contribution in [3.8, 4) is 0 Å². The molecular weight excluding hydrogens is 208 g/mol. The Morgan fingerprint density at radius 1 is 1.24 bits per heavy atom. The highest BCUT2D eigenvalue weighted by Crippen LogP contribution is 2.37. The minimum atomic E-state index is -0.282. The summed E-state index contributed by atoms with van der Waals surface area (Å²) in [6.07, 6.45) is 4.60. The Kier molecular flexibility index (Phi) is 3.58. The van der Waals surface area contributed by atoms with Crippen LogP contribution >= 0.6 is 0 Å². The van der Waals surface area contributed by atoms with Gasteiger partial charge in [-0.3, -0.25) is 0 Å². The summed E-state index contributed by atoms with van der Waals surface area (Å²) in [5.74, 6) is 0.748. The van der Waals surface area contributed by atoms with Crippen molar-refractivity contribution in [3.05, 3.63) is 35.4 Å². The second-order valence-corrected chi connectivity index (χ2v) is 6.39. The molecule has 1 aliphatic rings. The maximum Gasteiger partial charge on any atom is 0.0795 e. The maximum atomic E-state index is 10.4. The lowest BCUT2D eigenvalue weighted by molar-refractivity contribution is 0.117. The highest BCUT2D eigenvalue weighted by Gasteiger charge is 2.25. The van der Waals surface area contributed by atoms with Gasteiger partial charge in [-0.25, -0.2) is 0 Å². The zero-order chi connectivity index (χ0) is 12.5. The van der Waals surface area contributed by atoms with Crippen LogP contribution in [0.15, 0.2) is 24.3 Å². The first-order valence-corrected chi connectivity index (χ1v) is 6.76. The van der Waals surface area contributed by atoms with E-state index < -0.39 is 0 Å². The third kappa shape index (κ3) is 2.90. The van der Waals surface area contributed by atoms with Crippen LogP contribution in [0.5, 0.6) is 0 Å². The first kappa shape index (κ1) is 12.6. The molecule has 0 radical (unpaired) electrons. The fourth-order valence-corrected chi connectivity index (χ4v) is 2.64. The Morgan fingerprint density at radius 2 is 1.88 bits per heavy atom. The minimum Gasteiger partial charge on any atom is -0.388 e. The van der Waals surface area contributed by atoms with Crippen molar-refractivity contribution in [3.63, 3.8) is 0 Å². The van der Waals surface area contributed by atoms with E-state index in [4.69, 9.17) is 0 Å². The Bertz CT molecular complexity index is 371. The minimum absolute atomic E-state index is 0.108. The zero-order valence-corrected chi connectivity index (χ0v) is 11.2. The van der Waals surface area contributed by atoms with E-state index >= 15 is 0 Å². The molecule has 1 aromatic carbocycles. The molecule has 1 aliphatic carbocycles. The molecule has 1 aromatic rings. The normalized spacial score (nSPS) is 18.8. The molecule has 0 aliphatic heterocycles. The van der Waals surface area contributed by atoms with Crippen molar-refractivity contribution < 1.29 is 5.11 Å². The monoisotopic (exact) mass is 232 g/mol. The number of benzene rings is 1. The van der Waals surface area contributed by atoms with E-state index in [0.717, 1.165) is 17.9 Å². The lowest BCUT2D eigenvalue weighted by atomic mass is 9.77. The van der Waals surface area contributed by atoms with Gasteiger partial charge < -0.3 is 5.11 Å². The second-order valence-electron chi connectivity index (χ2n) is 6.39. The van der Waals surface area contributed by atoms with Gasteiger partial charge >= 0.3 is 0 Å². The van der Waals surface area contributed by atoms with Crippen molar-refractivity contribution in [1.82, 2.24) is 0 Å². The summed E-state index contributed by atoms with van der Waals surface area (Å²) in [5.41, 5.74) is 2.52. The van der Waals surface area contributed by atoms with E-state index in [2.05, 4.69) is 39.0 Å². The molecule has 0 heterocycles. The van der Waals surface area contributed by atoms with E-state index in [9.17, 15) is 5.11 Å². The average Bonchev–Trinajstić information content (AvgIpc) is 2.22. The number of rotatable bonds is 3. The maximum absolute atomic E-state index is 10.4. The van der Waals surface area contributed by atoms with E-state index in [-0.39, 0.29) is 11.5 Å². The number of hydrogen-bond donors (Lipinski definition) is 1. The van der Waals surface area contributed by atoms with Gasteiger partial charge in [-0.2, -0.15) is 0 Å². The highest BCUT2D eigenvalue weighted by atomic mass is 16.3. The van der Waals surface area contributed by atoms with Crippen molar-refractivity contribution >= 4 is 0 Å². The molecule has 94 valence electrons. The summed E-state index contributed by atoms with van der Waals surface area (Å²) in [6, 6.07) is 8.35. The van der Waals surface area contributed by atoms with Crippen molar-refractivity contribution in [2.24, 2.45) is 5.92 Å². The second kappa shape index (κ2) is 4.81. The van der Waals surface area contributed by atoms with Gasteiger partial charge in [0.05, 0.1) is 6.10 Å². The van der Waals surface area contributed by atoms with Gasteiger partial charge in [0.1, 0.15) is 0 Å². The summed E-state index contributed by atoms with van der Waals surface area (Å²) >= 11 is 0.